The van der Waals surface area contributed by atoms with Crippen LogP contribution >= 0.6 is 27.3 Å². The third-order valence-electron chi connectivity index (χ3n) is 3.00. The molecule has 2 rings (SSSR count). The topological polar surface area (TPSA) is 59.1 Å². The van der Waals surface area contributed by atoms with Gasteiger partial charge in [-0.15, -0.1) is 17.9 Å². The van der Waals surface area contributed by atoms with Gasteiger partial charge in [0.25, 0.3) is 5.91 Å². The summed E-state index contributed by atoms with van der Waals surface area (Å²) in [5.74, 6) is -0.384. The van der Waals surface area contributed by atoms with Crippen LogP contribution in [0, 0.1) is 0 Å². The number of nitrogens with one attached hydrogen (secondary N) is 1. The average molecular weight is 379 g/mol. The molecule has 2 aromatic rings. The first-order valence-corrected chi connectivity index (χ1v) is 8.26. The average Bonchev–Trinajstić information content (AvgIpc) is 2.96. The zero-order valence-electron chi connectivity index (χ0n) is 12.0. The molecule has 0 aliphatic heterocycles. The molecule has 1 aromatic carbocycles. The van der Waals surface area contributed by atoms with Crippen LogP contribution in [-0.4, -0.2) is 22.7 Å². The Balaban J connectivity index is 2.15. The minimum atomic E-state index is -0.540. The zero-order chi connectivity index (χ0) is 16.1. The lowest BCUT2D eigenvalue weighted by Gasteiger charge is -2.12. The minimum Gasteiger partial charge on any atom is -0.341 e. The van der Waals surface area contributed by atoms with Crippen LogP contribution in [0.1, 0.15) is 23.0 Å². The number of benzene rings is 1. The molecule has 1 atom stereocenters. The van der Waals surface area contributed by atoms with Crippen LogP contribution in [0.2, 0.25) is 0 Å². The first kappa shape index (κ1) is 16.6. The van der Waals surface area contributed by atoms with E-state index in [4.69, 9.17) is 0 Å². The fraction of sp³-hybridized carbons (Fsp3) is 0.188. The Hall–Kier alpha value is -1.79. The first-order chi connectivity index (χ1) is 10.5. The molecular formula is C16H15BrN2O2S. The molecule has 0 aliphatic rings. The number of carbonyl (C=O) groups is 2. The molecule has 0 saturated carbocycles. The smallest absolute Gasteiger partial charge is 0.263 e. The molecule has 0 bridgehead atoms. The molecule has 0 saturated heterocycles. The molecule has 1 heterocycles. The van der Waals surface area contributed by atoms with E-state index in [2.05, 4.69) is 32.8 Å². The molecule has 0 radical (unpaired) electrons. The summed E-state index contributed by atoms with van der Waals surface area (Å²) in [6.07, 6.45) is 3.56. The summed E-state index contributed by atoms with van der Waals surface area (Å²) in [7, 11) is 0. The van der Waals surface area contributed by atoms with Crippen LogP contribution in [0.25, 0.3) is 10.6 Å². The van der Waals surface area contributed by atoms with E-state index in [0.29, 0.717) is 11.3 Å². The summed E-state index contributed by atoms with van der Waals surface area (Å²) in [4.78, 5) is 28.5. The van der Waals surface area contributed by atoms with Gasteiger partial charge in [-0.25, -0.2) is 4.98 Å². The molecular weight excluding hydrogens is 364 g/mol. The fourth-order valence-electron chi connectivity index (χ4n) is 1.86. The second-order valence-corrected chi connectivity index (χ2v) is 6.65. The van der Waals surface area contributed by atoms with Gasteiger partial charge in [-0.1, -0.05) is 34.1 Å². The maximum atomic E-state index is 12.2. The molecule has 6 heteroatoms. The van der Waals surface area contributed by atoms with Gasteiger partial charge >= 0.3 is 0 Å². The zero-order valence-corrected chi connectivity index (χ0v) is 14.4. The summed E-state index contributed by atoms with van der Waals surface area (Å²) in [6.45, 7) is 5.05. The van der Waals surface area contributed by atoms with Gasteiger partial charge in [0.05, 0.1) is 12.2 Å². The van der Waals surface area contributed by atoms with Gasteiger partial charge in [0.15, 0.2) is 5.78 Å². The maximum Gasteiger partial charge on any atom is 0.263 e. The van der Waals surface area contributed by atoms with E-state index >= 15 is 0 Å². The molecule has 1 N–H and O–H groups in total. The highest BCUT2D eigenvalue weighted by Gasteiger charge is 2.18. The number of thiazole rings is 1. The fourth-order valence-corrected chi connectivity index (χ4v) is 3.07. The van der Waals surface area contributed by atoms with Gasteiger partial charge in [0, 0.05) is 10.0 Å². The standard InChI is InChI=1S/C16H15BrN2O2S/c1-3-5-13(10(2)20)19-15(21)14-9-18-16(22-14)11-6-4-7-12(17)8-11/h3-4,6-9,13H,1,5H2,2H3,(H,19,21)/t13-/m0/s1. The van der Waals surface area contributed by atoms with E-state index < -0.39 is 6.04 Å². The highest BCUT2D eigenvalue weighted by Crippen LogP contribution is 2.27. The molecule has 22 heavy (non-hydrogen) atoms. The lowest BCUT2D eigenvalue weighted by Crippen LogP contribution is -2.39. The summed E-state index contributed by atoms with van der Waals surface area (Å²) in [5, 5.41) is 3.47. The molecule has 1 aromatic heterocycles. The normalized spacial score (nSPS) is 11.7. The van der Waals surface area contributed by atoms with Gasteiger partial charge in [-0.3, -0.25) is 9.59 Å². The second-order valence-electron chi connectivity index (χ2n) is 4.70. The largest absolute Gasteiger partial charge is 0.341 e. The Morgan fingerprint density at radius 2 is 2.27 bits per heavy atom. The van der Waals surface area contributed by atoms with Crippen molar-refractivity contribution < 1.29 is 9.59 Å². The van der Waals surface area contributed by atoms with Gasteiger partial charge in [0.2, 0.25) is 0 Å². The Labute approximate surface area is 141 Å². The summed E-state index contributed by atoms with van der Waals surface area (Å²) < 4.78 is 0.953. The number of nitrogens with zero attached hydrogens (tertiary/aromatic N) is 1. The number of aromatic nitrogens is 1. The number of hydrogen-bond donors (Lipinski definition) is 1. The molecule has 0 spiro atoms. The Morgan fingerprint density at radius 3 is 2.91 bits per heavy atom. The lowest BCUT2D eigenvalue weighted by atomic mass is 10.1. The van der Waals surface area contributed by atoms with Crippen molar-refractivity contribution in [1.82, 2.24) is 10.3 Å². The molecule has 0 aliphatic carbocycles. The molecule has 4 nitrogen and oxygen atoms in total. The van der Waals surface area contributed by atoms with Crippen molar-refractivity contribution in [1.29, 1.82) is 0 Å². The number of hydrogen-bond acceptors (Lipinski definition) is 4. The Kier molecular flexibility index (Phi) is 5.63. The molecule has 1 amide bonds. The van der Waals surface area contributed by atoms with E-state index in [1.807, 2.05) is 24.3 Å². The van der Waals surface area contributed by atoms with Gasteiger partial charge in [0.1, 0.15) is 9.88 Å². The van der Waals surface area contributed by atoms with E-state index in [-0.39, 0.29) is 11.7 Å². The Bertz CT molecular complexity index is 712. The summed E-state index contributed by atoms with van der Waals surface area (Å²) >= 11 is 4.71. The third kappa shape index (κ3) is 4.11. The van der Waals surface area contributed by atoms with Crippen molar-refractivity contribution in [2.45, 2.75) is 19.4 Å². The van der Waals surface area contributed by atoms with Crippen LogP contribution < -0.4 is 5.32 Å². The highest BCUT2D eigenvalue weighted by atomic mass is 79.9. The van der Waals surface area contributed by atoms with E-state index in [1.54, 1.807) is 6.08 Å². The highest BCUT2D eigenvalue weighted by molar-refractivity contribution is 9.10. The van der Waals surface area contributed by atoms with Crippen LogP contribution in [0.15, 0.2) is 47.6 Å². The Morgan fingerprint density at radius 1 is 1.50 bits per heavy atom. The minimum absolute atomic E-state index is 0.0926. The number of amides is 1. The number of Topliss-reactive ketones (excluding diaryl/α,β-unsaturated/α-hetero) is 1. The van der Waals surface area contributed by atoms with Crippen LogP contribution in [0.5, 0.6) is 0 Å². The first-order valence-electron chi connectivity index (χ1n) is 6.65. The van der Waals surface area contributed by atoms with Crippen LogP contribution in [-0.2, 0) is 4.79 Å². The number of halogens is 1. The van der Waals surface area contributed by atoms with Crippen LogP contribution in [0.3, 0.4) is 0 Å². The SMILES string of the molecule is C=CC[C@H](NC(=O)c1cnc(-c2cccc(Br)c2)s1)C(C)=O. The van der Waals surface area contributed by atoms with Crippen molar-refractivity contribution in [3.63, 3.8) is 0 Å². The number of rotatable bonds is 6. The van der Waals surface area contributed by atoms with Gasteiger partial charge in [-0.05, 0) is 25.5 Å². The van der Waals surface area contributed by atoms with Crippen molar-refractivity contribution in [3.05, 3.63) is 52.5 Å². The monoisotopic (exact) mass is 378 g/mol. The van der Waals surface area contributed by atoms with Gasteiger partial charge < -0.3 is 5.32 Å². The number of carbonyl (C=O) groups excluding carboxylic acids is 2. The van der Waals surface area contributed by atoms with Crippen molar-refractivity contribution in [2.75, 3.05) is 0 Å². The van der Waals surface area contributed by atoms with E-state index in [1.165, 1.54) is 24.5 Å². The third-order valence-corrected chi connectivity index (χ3v) is 4.54. The quantitative estimate of drug-likeness (QED) is 0.776. The predicted molar refractivity (Wildman–Crippen MR) is 92.0 cm³/mol. The predicted octanol–water partition coefficient (Wildman–Crippen LogP) is 3.84. The molecule has 0 fully saturated rings. The lowest BCUT2D eigenvalue weighted by molar-refractivity contribution is -0.118. The molecule has 114 valence electrons. The van der Waals surface area contributed by atoms with Crippen molar-refractivity contribution in [2.24, 2.45) is 0 Å². The van der Waals surface area contributed by atoms with Gasteiger partial charge in [-0.2, -0.15) is 0 Å². The van der Waals surface area contributed by atoms with E-state index in [0.717, 1.165) is 15.0 Å². The summed E-state index contributed by atoms with van der Waals surface area (Å²) in [6, 6.07) is 7.17. The summed E-state index contributed by atoms with van der Waals surface area (Å²) in [5.41, 5.74) is 0.938. The van der Waals surface area contributed by atoms with Crippen LogP contribution in [0.4, 0.5) is 0 Å². The van der Waals surface area contributed by atoms with Crippen molar-refractivity contribution in [3.8, 4) is 10.6 Å². The second kappa shape index (κ2) is 7.47. The molecule has 0 unspecified atom stereocenters. The maximum absolute atomic E-state index is 12.2. The van der Waals surface area contributed by atoms with Crippen molar-refractivity contribution >= 4 is 39.0 Å². The number of ketones is 1. The van der Waals surface area contributed by atoms with E-state index in [9.17, 15) is 9.59 Å².